The Morgan fingerprint density at radius 3 is 2.27 bits per heavy atom. The fourth-order valence-corrected chi connectivity index (χ4v) is 5.65. The van der Waals surface area contributed by atoms with Crippen LogP contribution in [0.15, 0.2) is 48.5 Å². The van der Waals surface area contributed by atoms with E-state index in [2.05, 4.69) is 14.8 Å². The van der Waals surface area contributed by atoms with Crippen LogP contribution < -0.4 is 19.5 Å². The largest absolute Gasteiger partial charge is 0.455 e. The topological polar surface area (TPSA) is 114 Å². The monoisotopic (exact) mass is 551 g/mol. The van der Waals surface area contributed by atoms with Crippen molar-refractivity contribution in [1.29, 1.82) is 0 Å². The van der Waals surface area contributed by atoms with E-state index in [1.807, 2.05) is 0 Å². The Bertz CT molecular complexity index is 1560. The third-order valence-electron chi connectivity index (χ3n) is 5.82. The molecule has 0 radical (unpaired) electrons. The fourth-order valence-electron chi connectivity index (χ4n) is 3.53. The summed E-state index contributed by atoms with van der Waals surface area (Å²) in [4.78, 5) is 0. The first-order valence-corrected chi connectivity index (χ1v) is 14.7. The molecular formula is C25H27F2N3O5S2. The lowest BCUT2D eigenvalue weighted by atomic mass is 10.1. The van der Waals surface area contributed by atoms with Gasteiger partial charge in [0.15, 0.2) is 5.75 Å². The van der Waals surface area contributed by atoms with Crippen molar-refractivity contribution in [3.63, 3.8) is 0 Å². The Labute approximate surface area is 215 Å². The highest BCUT2D eigenvalue weighted by Crippen LogP contribution is 2.42. The van der Waals surface area contributed by atoms with E-state index in [9.17, 15) is 25.6 Å². The van der Waals surface area contributed by atoms with Crippen LogP contribution in [0.2, 0.25) is 0 Å². The quantitative estimate of drug-likeness (QED) is 0.294. The normalized spacial score (nSPS) is 13.8. The summed E-state index contributed by atoms with van der Waals surface area (Å²) in [5.41, 5.74) is 1.20. The molecule has 4 rings (SSSR count). The van der Waals surface area contributed by atoms with Gasteiger partial charge in [0.25, 0.3) is 0 Å². The minimum absolute atomic E-state index is 0.0150. The molecule has 1 aliphatic rings. The summed E-state index contributed by atoms with van der Waals surface area (Å²) >= 11 is 0. The summed E-state index contributed by atoms with van der Waals surface area (Å²) in [7, 11) is -7.40. The number of hydrogen-bond donors (Lipinski definition) is 3. The zero-order chi connectivity index (χ0) is 27.0. The van der Waals surface area contributed by atoms with Crippen molar-refractivity contribution in [3.05, 3.63) is 71.3 Å². The highest BCUT2D eigenvalue weighted by atomic mass is 32.2. The molecule has 3 N–H and O–H groups in total. The Balaban J connectivity index is 1.79. The van der Waals surface area contributed by atoms with E-state index in [0.29, 0.717) is 24.0 Å². The van der Waals surface area contributed by atoms with Gasteiger partial charge in [-0.1, -0.05) is 12.1 Å². The van der Waals surface area contributed by atoms with Gasteiger partial charge in [-0.05, 0) is 69.5 Å². The number of aryl methyl sites for hydroxylation is 1. The number of nitrogens with one attached hydrogen (secondary N) is 3. The fraction of sp³-hybridized carbons (Fsp3) is 0.280. The molecule has 1 saturated carbocycles. The highest BCUT2D eigenvalue weighted by molar-refractivity contribution is 7.93. The maximum Gasteiger partial charge on any atom is 0.235 e. The van der Waals surface area contributed by atoms with Crippen LogP contribution in [0.3, 0.4) is 0 Å². The number of sulfonamides is 2. The predicted molar refractivity (Wildman–Crippen MR) is 141 cm³/mol. The van der Waals surface area contributed by atoms with Crippen molar-refractivity contribution in [1.82, 2.24) is 0 Å². The number of benzene rings is 3. The van der Waals surface area contributed by atoms with Crippen LogP contribution >= 0.6 is 0 Å². The van der Waals surface area contributed by atoms with Gasteiger partial charge in [0, 0.05) is 11.6 Å². The minimum Gasteiger partial charge on any atom is -0.455 e. The Hall–Kier alpha value is -3.38. The van der Waals surface area contributed by atoms with Crippen LogP contribution in [0.25, 0.3) is 0 Å². The van der Waals surface area contributed by atoms with Crippen molar-refractivity contribution in [2.24, 2.45) is 0 Å². The molecule has 0 unspecified atom stereocenters. The second-order valence-electron chi connectivity index (χ2n) is 8.82. The molecule has 0 heterocycles. The first kappa shape index (κ1) is 26.7. The first-order chi connectivity index (χ1) is 17.4. The molecule has 12 heteroatoms. The molecule has 0 atom stereocenters. The molecule has 3 aromatic carbocycles. The third-order valence-corrected chi connectivity index (χ3v) is 8.95. The molecule has 0 amide bonds. The Kier molecular flexibility index (Phi) is 7.33. The lowest BCUT2D eigenvalue weighted by molar-refractivity contribution is 0.476. The van der Waals surface area contributed by atoms with Crippen LogP contribution in [-0.4, -0.2) is 27.8 Å². The summed E-state index contributed by atoms with van der Waals surface area (Å²) in [6.45, 7) is 4.82. The summed E-state index contributed by atoms with van der Waals surface area (Å²) < 4.78 is 90.0. The molecule has 0 bridgehead atoms. The van der Waals surface area contributed by atoms with Gasteiger partial charge in [-0.2, -0.15) is 0 Å². The predicted octanol–water partition coefficient (Wildman–Crippen LogP) is 5.78. The summed E-state index contributed by atoms with van der Waals surface area (Å²) in [6, 6.07) is 11.1. The molecule has 0 saturated heterocycles. The van der Waals surface area contributed by atoms with E-state index in [1.165, 1.54) is 25.1 Å². The lowest BCUT2D eigenvalue weighted by Gasteiger charge is -2.20. The molecule has 1 aliphatic carbocycles. The van der Waals surface area contributed by atoms with Crippen molar-refractivity contribution in [2.45, 2.75) is 38.9 Å². The van der Waals surface area contributed by atoms with Crippen LogP contribution in [0.4, 0.5) is 31.5 Å². The minimum atomic E-state index is -3.82. The number of halogens is 2. The van der Waals surface area contributed by atoms with Gasteiger partial charge in [-0.15, -0.1) is 0 Å². The molecule has 1 fully saturated rings. The van der Waals surface area contributed by atoms with E-state index in [-0.39, 0.29) is 40.0 Å². The van der Waals surface area contributed by atoms with Gasteiger partial charge < -0.3 is 10.1 Å². The van der Waals surface area contributed by atoms with Gasteiger partial charge in [-0.3, -0.25) is 9.44 Å². The molecule has 0 spiro atoms. The van der Waals surface area contributed by atoms with E-state index in [4.69, 9.17) is 4.74 Å². The van der Waals surface area contributed by atoms with Crippen LogP contribution in [0.5, 0.6) is 11.5 Å². The average Bonchev–Trinajstić information content (AvgIpc) is 3.67. The van der Waals surface area contributed by atoms with Crippen molar-refractivity contribution in [2.75, 3.05) is 20.5 Å². The maximum atomic E-state index is 14.7. The van der Waals surface area contributed by atoms with Gasteiger partial charge in [0.1, 0.15) is 23.1 Å². The van der Waals surface area contributed by atoms with Crippen LogP contribution in [-0.2, 0) is 20.0 Å². The third kappa shape index (κ3) is 6.31. The Morgan fingerprint density at radius 1 is 0.892 bits per heavy atom. The SMILES string of the molecule is CCS(=O)(=O)Nc1cccc(Oc2cc(F)cc(Nc3ccc(C)cc3F)c2NS(=O)(=O)C2CC2)c1C. The van der Waals surface area contributed by atoms with Gasteiger partial charge in [-0.25, -0.2) is 25.6 Å². The van der Waals surface area contributed by atoms with Crippen LogP contribution in [0.1, 0.15) is 30.9 Å². The second-order valence-corrected chi connectivity index (χ2v) is 12.8. The van der Waals surface area contributed by atoms with Gasteiger partial charge in [0.05, 0.1) is 28.1 Å². The summed E-state index contributed by atoms with van der Waals surface area (Å²) in [5.74, 6) is -1.52. The zero-order valence-corrected chi connectivity index (χ0v) is 22.1. The first-order valence-electron chi connectivity index (χ1n) is 11.5. The number of rotatable bonds is 10. The van der Waals surface area contributed by atoms with Crippen molar-refractivity contribution < 1.29 is 30.4 Å². The lowest BCUT2D eigenvalue weighted by Crippen LogP contribution is -2.19. The van der Waals surface area contributed by atoms with E-state index in [1.54, 1.807) is 32.0 Å². The number of ether oxygens (including phenoxy) is 1. The molecule has 37 heavy (non-hydrogen) atoms. The van der Waals surface area contributed by atoms with E-state index < -0.39 is 36.9 Å². The van der Waals surface area contributed by atoms with E-state index in [0.717, 1.165) is 12.1 Å². The van der Waals surface area contributed by atoms with E-state index >= 15 is 0 Å². The highest BCUT2D eigenvalue weighted by Gasteiger charge is 2.37. The smallest absolute Gasteiger partial charge is 0.235 e. The van der Waals surface area contributed by atoms with Crippen LogP contribution in [0, 0.1) is 25.5 Å². The summed E-state index contributed by atoms with van der Waals surface area (Å²) in [5, 5.41) is 2.17. The van der Waals surface area contributed by atoms with Crippen molar-refractivity contribution in [3.8, 4) is 11.5 Å². The second kappa shape index (κ2) is 10.2. The molecule has 198 valence electrons. The average molecular weight is 552 g/mol. The standard InChI is InChI=1S/C25H27F2N3O5S2/c1-4-36(31,32)29-20-6-5-7-23(16(20)3)35-24-14-17(26)13-22(25(24)30-37(33,34)18-9-10-18)28-21-11-8-15(2)12-19(21)27/h5-8,11-14,18,28-30H,4,9-10H2,1-3H3. The maximum absolute atomic E-state index is 14.7. The molecule has 0 aliphatic heterocycles. The molecule has 3 aromatic rings. The number of anilines is 4. The van der Waals surface area contributed by atoms with Gasteiger partial charge in [0.2, 0.25) is 20.0 Å². The molecule has 8 nitrogen and oxygen atoms in total. The Morgan fingerprint density at radius 2 is 1.62 bits per heavy atom. The summed E-state index contributed by atoms with van der Waals surface area (Å²) in [6.07, 6.45) is 0.974. The molecular weight excluding hydrogens is 524 g/mol. The van der Waals surface area contributed by atoms with Crippen molar-refractivity contribution >= 4 is 42.8 Å². The number of hydrogen-bond acceptors (Lipinski definition) is 6. The molecule has 0 aromatic heterocycles. The zero-order valence-electron chi connectivity index (χ0n) is 20.4. The van der Waals surface area contributed by atoms with Gasteiger partial charge >= 0.3 is 0 Å².